The molecule has 0 radical (unpaired) electrons. The van der Waals surface area contributed by atoms with Gasteiger partial charge in [0, 0.05) is 19.3 Å². The first-order valence-corrected chi connectivity index (χ1v) is 7.36. The summed E-state index contributed by atoms with van der Waals surface area (Å²) in [6, 6.07) is 1.88. The zero-order valence-electron chi connectivity index (χ0n) is 9.76. The standard InChI is InChI=1S/C11H16N2O3S/c1-9-6-10(8-14)7-12-11(9)13-2-4-17(15,16)5-3-13/h6-7,14H,2-5,8H2,1H3. The molecular formula is C11H16N2O3S. The van der Waals surface area contributed by atoms with Crippen molar-refractivity contribution in [2.75, 3.05) is 29.5 Å². The Morgan fingerprint density at radius 1 is 1.41 bits per heavy atom. The van der Waals surface area contributed by atoms with Crippen LogP contribution in [-0.4, -0.2) is 43.1 Å². The molecule has 17 heavy (non-hydrogen) atoms. The van der Waals surface area contributed by atoms with Crippen molar-refractivity contribution in [2.24, 2.45) is 0 Å². The second kappa shape index (κ2) is 4.62. The Morgan fingerprint density at radius 2 is 2.06 bits per heavy atom. The lowest BCUT2D eigenvalue weighted by Gasteiger charge is -2.29. The van der Waals surface area contributed by atoms with E-state index in [1.807, 2.05) is 17.9 Å². The van der Waals surface area contributed by atoms with Crippen LogP contribution in [-0.2, 0) is 16.4 Å². The average molecular weight is 256 g/mol. The van der Waals surface area contributed by atoms with E-state index in [1.54, 1.807) is 6.20 Å². The van der Waals surface area contributed by atoms with E-state index in [9.17, 15) is 8.42 Å². The van der Waals surface area contributed by atoms with Crippen LogP contribution in [0.25, 0.3) is 0 Å². The molecule has 1 aromatic rings. The van der Waals surface area contributed by atoms with Crippen molar-refractivity contribution in [3.8, 4) is 0 Å². The normalized spacial score (nSPS) is 19.3. The molecule has 0 aromatic carbocycles. The van der Waals surface area contributed by atoms with Gasteiger partial charge in [0.1, 0.15) is 5.82 Å². The van der Waals surface area contributed by atoms with Crippen LogP contribution in [0.15, 0.2) is 12.3 Å². The Balaban J connectivity index is 2.19. The van der Waals surface area contributed by atoms with Crippen LogP contribution >= 0.6 is 0 Å². The Labute approximate surface area is 101 Å². The van der Waals surface area contributed by atoms with E-state index in [0.717, 1.165) is 16.9 Å². The highest BCUT2D eigenvalue weighted by molar-refractivity contribution is 7.91. The summed E-state index contributed by atoms with van der Waals surface area (Å²) in [7, 11) is -2.86. The summed E-state index contributed by atoms with van der Waals surface area (Å²) < 4.78 is 22.7. The lowest BCUT2D eigenvalue weighted by atomic mass is 10.2. The van der Waals surface area contributed by atoms with Gasteiger partial charge in [-0.3, -0.25) is 0 Å². The van der Waals surface area contributed by atoms with Crippen molar-refractivity contribution < 1.29 is 13.5 Å². The van der Waals surface area contributed by atoms with Gasteiger partial charge in [-0.05, 0) is 24.1 Å². The molecule has 1 aliphatic rings. The minimum Gasteiger partial charge on any atom is -0.392 e. The highest BCUT2D eigenvalue weighted by Crippen LogP contribution is 2.20. The van der Waals surface area contributed by atoms with E-state index in [0.29, 0.717) is 13.1 Å². The monoisotopic (exact) mass is 256 g/mol. The molecule has 2 heterocycles. The highest BCUT2D eigenvalue weighted by atomic mass is 32.2. The molecule has 1 saturated heterocycles. The van der Waals surface area contributed by atoms with Gasteiger partial charge in [0.15, 0.2) is 9.84 Å². The Kier molecular flexibility index (Phi) is 3.35. The van der Waals surface area contributed by atoms with Crippen molar-refractivity contribution in [2.45, 2.75) is 13.5 Å². The third-order valence-corrected chi connectivity index (χ3v) is 4.54. The van der Waals surface area contributed by atoms with E-state index >= 15 is 0 Å². The minimum absolute atomic E-state index is 0.0253. The van der Waals surface area contributed by atoms with E-state index in [2.05, 4.69) is 4.98 Å². The van der Waals surface area contributed by atoms with Gasteiger partial charge in [0.05, 0.1) is 18.1 Å². The summed E-state index contributed by atoms with van der Waals surface area (Å²) in [5.41, 5.74) is 1.74. The van der Waals surface area contributed by atoms with Gasteiger partial charge in [-0.15, -0.1) is 0 Å². The molecule has 1 N–H and O–H groups in total. The van der Waals surface area contributed by atoms with Gasteiger partial charge in [-0.25, -0.2) is 13.4 Å². The number of aromatic nitrogens is 1. The maximum atomic E-state index is 11.3. The van der Waals surface area contributed by atoms with Crippen LogP contribution < -0.4 is 4.90 Å². The molecule has 0 amide bonds. The van der Waals surface area contributed by atoms with Crippen molar-refractivity contribution in [1.82, 2.24) is 4.98 Å². The van der Waals surface area contributed by atoms with Crippen LogP contribution in [0.3, 0.4) is 0 Å². The average Bonchev–Trinajstić information content (AvgIpc) is 2.29. The van der Waals surface area contributed by atoms with Crippen LogP contribution in [0.4, 0.5) is 5.82 Å². The molecule has 0 unspecified atom stereocenters. The number of rotatable bonds is 2. The molecule has 0 saturated carbocycles. The maximum Gasteiger partial charge on any atom is 0.153 e. The number of anilines is 1. The summed E-state index contributed by atoms with van der Waals surface area (Å²) in [6.45, 7) is 2.89. The van der Waals surface area contributed by atoms with Crippen molar-refractivity contribution >= 4 is 15.7 Å². The van der Waals surface area contributed by atoms with Gasteiger partial charge < -0.3 is 10.0 Å². The van der Waals surface area contributed by atoms with Crippen LogP contribution in [0.5, 0.6) is 0 Å². The topological polar surface area (TPSA) is 70.5 Å². The fourth-order valence-electron chi connectivity index (χ4n) is 1.97. The van der Waals surface area contributed by atoms with Crippen LogP contribution in [0.1, 0.15) is 11.1 Å². The van der Waals surface area contributed by atoms with Crippen molar-refractivity contribution in [3.05, 3.63) is 23.4 Å². The molecular weight excluding hydrogens is 240 g/mol. The van der Waals surface area contributed by atoms with E-state index < -0.39 is 9.84 Å². The number of hydrogen-bond donors (Lipinski definition) is 1. The lowest BCUT2D eigenvalue weighted by molar-refractivity contribution is 0.281. The second-order valence-corrected chi connectivity index (χ2v) is 6.58. The van der Waals surface area contributed by atoms with Crippen LogP contribution in [0.2, 0.25) is 0 Å². The smallest absolute Gasteiger partial charge is 0.153 e. The fourth-order valence-corrected chi connectivity index (χ4v) is 3.17. The predicted molar refractivity (Wildman–Crippen MR) is 65.8 cm³/mol. The number of nitrogens with zero attached hydrogens (tertiary/aromatic N) is 2. The van der Waals surface area contributed by atoms with Gasteiger partial charge in [0.2, 0.25) is 0 Å². The lowest BCUT2D eigenvalue weighted by Crippen LogP contribution is -2.41. The third kappa shape index (κ3) is 2.76. The maximum absolute atomic E-state index is 11.3. The number of hydrogen-bond acceptors (Lipinski definition) is 5. The number of aryl methyl sites for hydroxylation is 1. The molecule has 6 heteroatoms. The molecule has 0 spiro atoms. The Hall–Kier alpha value is -1.14. The summed E-state index contributed by atoms with van der Waals surface area (Å²) in [4.78, 5) is 6.28. The molecule has 1 fully saturated rings. The summed E-state index contributed by atoms with van der Waals surface area (Å²) in [5, 5.41) is 9.00. The first-order valence-electron chi connectivity index (χ1n) is 5.53. The quantitative estimate of drug-likeness (QED) is 0.813. The van der Waals surface area contributed by atoms with E-state index in [4.69, 9.17) is 5.11 Å². The molecule has 0 bridgehead atoms. The summed E-state index contributed by atoms with van der Waals surface area (Å²) in [6.07, 6.45) is 1.63. The predicted octanol–water partition coefficient (Wildman–Crippen LogP) is 0.117. The zero-order chi connectivity index (χ0) is 12.5. The number of aliphatic hydroxyl groups is 1. The number of sulfone groups is 1. The van der Waals surface area contributed by atoms with Crippen molar-refractivity contribution in [1.29, 1.82) is 0 Å². The Morgan fingerprint density at radius 3 is 2.59 bits per heavy atom. The molecule has 0 atom stereocenters. The molecule has 1 aliphatic heterocycles. The second-order valence-electron chi connectivity index (χ2n) is 4.28. The number of aliphatic hydroxyl groups excluding tert-OH is 1. The van der Waals surface area contributed by atoms with Crippen molar-refractivity contribution in [3.63, 3.8) is 0 Å². The van der Waals surface area contributed by atoms with Gasteiger partial charge >= 0.3 is 0 Å². The van der Waals surface area contributed by atoms with Gasteiger partial charge in [-0.2, -0.15) is 0 Å². The minimum atomic E-state index is -2.86. The zero-order valence-corrected chi connectivity index (χ0v) is 10.6. The molecule has 1 aromatic heterocycles. The highest BCUT2D eigenvalue weighted by Gasteiger charge is 2.23. The Bertz CT molecular complexity index is 499. The summed E-state index contributed by atoms with van der Waals surface area (Å²) >= 11 is 0. The molecule has 94 valence electrons. The van der Waals surface area contributed by atoms with Gasteiger partial charge in [-0.1, -0.05) is 0 Å². The first-order chi connectivity index (χ1) is 8.02. The summed E-state index contributed by atoms with van der Waals surface area (Å²) in [5.74, 6) is 1.20. The van der Waals surface area contributed by atoms with Gasteiger partial charge in [0.25, 0.3) is 0 Å². The molecule has 0 aliphatic carbocycles. The third-order valence-electron chi connectivity index (χ3n) is 2.93. The van der Waals surface area contributed by atoms with E-state index in [-0.39, 0.29) is 18.1 Å². The first kappa shape index (κ1) is 12.3. The number of pyridine rings is 1. The largest absolute Gasteiger partial charge is 0.392 e. The van der Waals surface area contributed by atoms with E-state index in [1.165, 1.54) is 0 Å². The molecule has 2 rings (SSSR count). The van der Waals surface area contributed by atoms with Crippen LogP contribution in [0, 0.1) is 6.92 Å². The SMILES string of the molecule is Cc1cc(CO)cnc1N1CCS(=O)(=O)CC1. The molecule has 5 nitrogen and oxygen atoms in total. The fraction of sp³-hybridized carbons (Fsp3) is 0.545.